The summed E-state index contributed by atoms with van der Waals surface area (Å²) < 4.78 is 3.35. The van der Waals surface area contributed by atoms with Crippen molar-refractivity contribution in [1.29, 1.82) is 0 Å². The molecule has 0 spiro atoms. The van der Waals surface area contributed by atoms with E-state index in [-0.39, 0.29) is 23.7 Å². The van der Waals surface area contributed by atoms with E-state index >= 15 is 0 Å². The van der Waals surface area contributed by atoms with Crippen LogP contribution in [0.15, 0.2) is 47.4 Å². The number of aromatic nitrogens is 3. The summed E-state index contributed by atoms with van der Waals surface area (Å²) in [5.41, 5.74) is 1.95. The zero-order valence-electron chi connectivity index (χ0n) is 12.4. The summed E-state index contributed by atoms with van der Waals surface area (Å²) in [7, 11) is 3.54. The minimum absolute atomic E-state index is 0.0559. The van der Waals surface area contributed by atoms with Gasteiger partial charge in [-0.1, -0.05) is 12.1 Å². The summed E-state index contributed by atoms with van der Waals surface area (Å²) in [5, 5.41) is 2.61. The van der Waals surface area contributed by atoms with Crippen molar-refractivity contribution in [3.63, 3.8) is 0 Å². The Labute approximate surface area is 127 Å². The fraction of sp³-hybridized carbons (Fsp3) is 0.188. The Morgan fingerprint density at radius 3 is 2.68 bits per heavy atom. The van der Waals surface area contributed by atoms with Gasteiger partial charge in [-0.05, 0) is 24.3 Å². The zero-order valence-corrected chi connectivity index (χ0v) is 12.4. The monoisotopic (exact) mass is 296 g/mol. The van der Waals surface area contributed by atoms with E-state index in [9.17, 15) is 9.59 Å². The molecule has 3 aromatic rings. The largest absolute Gasteiger partial charge is 0.354 e. The van der Waals surface area contributed by atoms with Gasteiger partial charge in [0.2, 0.25) is 5.91 Å². The normalized spacial score (nSPS) is 10.8. The number of nitrogens with zero attached hydrogens (tertiary/aromatic N) is 3. The van der Waals surface area contributed by atoms with E-state index in [1.807, 2.05) is 54.2 Å². The summed E-state index contributed by atoms with van der Waals surface area (Å²) in [6.07, 6.45) is 2.07. The van der Waals surface area contributed by atoms with Gasteiger partial charge in [0.1, 0.15) is 0 Å². The first kappa shape index (κ1) is 14.1. The number of carbonyl (C=O) groups excluding carboxylic acids is 1. The lowest BCUT2D eigenvalue weighted by molar-refractivity contribution is -0.115. The average molecular weight is 296 g/mol. The molecule has 0 aliphatic carbocycles. The molecule has 0 radical (unpaired) electrons. The molecule has 6 heteroatoms. The van der Waals surface area contributed by atoms with Gasteiger partial charge >= 0.3 is 0 Å². The number of fused-ring (bicyclic) bond motifs is 1. The van der Waals surface area contributed by atoms with Crippen molar-refractivity contribution in [2.75, 3.05) is 5.32 Å². The average Bonchev–Trinajstić information content (AvgIpc) is 2.90. The van der Waals surface area contributed by atoms with E-state index in [1.165, 1.54) is 4.57 Å². The third-order valence-electron chi connectivity index (χ3n) is 3.63. The molecule has 0 aliphatic rings. The van der Waals surface area contributed by atoms with Gasteiger partial charge in [0, 0.05) is 26.0 Å². The van der Waals surface area contributed by atoms with Crippen LogP contribution < -0.4 is 10.9 Å². The number of benzene rings is 1. The molecule has 2 heterocycles. The van der Waals surface area contributed by atoms with Crippen LogP contribution in [0.5, 0.6) is 0 Å². The molecule has 3 rings (SSSR count). The van der Waals surface area contributed by atoms with Crippen LogP contribution in [0.2, 0.25) is 0 Å². The van der Waals surface area contributed by atoms with E-state index in [0.717, 1.165) is 11.2 Å². The van der Waals surface area contributed by atoms with Gasteiger partial charge in [-0.25, -0.2) is 4.98 Å². The Hall–Kier alpha value is -2.89. The predicted octanol–water partition coefficient (Wildman–Crippen LogP) is 1.45. The molecular weight excluding hydrogens is 280 g/mol. The van der Waals surface area contributed by atoms with Crippen molar-refractivity contribution in [2.24, 2.45) is 14.1 Å². The summed E-state index contributed by atoms with van der Waals surface area (Å²) in [4.78, 5) is 28.6. The first-order chi connectivity index (χ1) is 10.6. The Kier molecular flexibility index (Phi) is 3.50. The highest BCUT2D eigenvalue weighted by Crippen LogP contribution is 2.11. The number of para-hydroxylation sites is 2. The Bertz CT molecular complexity index is 908. The lowest BCUT2D eigenvalue weighted by Crippen LogP contribution is -2.27. The highest BCUT2D eigenvalue weighted by atomic mass is 16.2. The summed E-state index contributed by atoms with van der Waals surface area (Å²) in [6, 6.07) is 11.1. The van der Waals surface area contributed by atoms with Crippen LogP contribution in [0.1, 0.15) is 5.69 Å². The van der Waals surface area contributed by atoms with Crippen molar-refractivity contribution in [3.8, 4) is 0 Å². The fourth-order valence-electron chi connectivity index (χ4n) is 2.38. The summed E-state index contributed by atoms with van der Waals surface area (Å²) in [6.45, 7) is 0. The molecule has 0 atom stereocenters. The Morgan fingerprint density at radius 2 is 1.95 bits per heavy atom. The minimum atomic E-state index is -0.320. The first-order valence-electron chi connectivity index (χ1n) is 6.92. The van der Waals surface area contributed by atoms with Crippen molar-refractivity contribution in [3.05, 3.63) is 58.6 Å². The smallest absolute Gasteiger partial charge is 0.293 e. The van der Waals surface area contributed by atoms with Crippen LogP contribution >= 0.6 is 0 Å². The molecule has 22 heavy (non-hydrogen) atoms. The third-order valence-corrected chi connectivity index (χ3v) is 3.63. The van der Waals surface area contributed by atoms with E-state index in [4.69, 9.17) is 0 Å². The topological polar surface area (TPSA) is 68.9 Å². The summed E-state index contributed by atoms with van der Waals surface area (Å²) >= 11 is 0. The molecule has 0 unspecified atom stereocenters. The van der Waals surface area contributed by atoms with Gasteiger partial charge in [0.25, 0.3) is 5.56 Å². The highest BCUT2D eigenvalue weighted by Gasteiger charge is 2.12. The minimum Gasteiger partial charge on any atom is -0.354 e. The van der Waals surface area contributed by atoms with Crippen LogP contribution in [-0.4, -0.2) is 20.0 Å². The second-order valence-electron chi connectivity index (χ2n) is 5.15. The van der Waals surface area contributed by atoms with Gasteiger partial charge in [-0.2, -0.15) is 0 Å². The molecule has 0 saturated heterocycles. The maximum Gasteiger partial charge on any atom is 0.293 e. The molecule has 0 fully saturated rings. The molecule has 0 bridgehead atoms. The Morgan fingerprint density at radius 1 is 1.18 bits per heavy atom. The lowest BCUT2D eigenvalue weighted by Gasteiger charge is -2.09. The van der Waals surface area contributed by atoms with Crippen molar-refractivity contribution in [1.82, 2.24) is 14.1 Å². The van der Waals surface area contributed by atoms with Gasteiger partial charge in [0.05, 0.1) is 17.5 Å². The van der Waals surface area contributed by atoms with Gasteiger partial charge in [-0.15, -0.1) is 0 Å². The molecule has 6 nitrogen and oxygen atoms in total. The fourth-order valence-corrected chi connectivity index (χ4v) is 2.38. The second kappa shape index (κ2) is 5.48. The molecule has 1 N–H and O–H groups in total. The van der Waals surface area contributed by atoms with Crippen LogP contribution in [-0.2, 0) is 25.3 Å². The van der Waals surface area contributed by atoms with E-state index in [2.05, 4.69) is 10.3 Å². The molecule has 1 aromatic carbocycles. The maximum atomic E-state index is 12.3. The van der Waals surface area contributed by atoms with Crippen LogP contribution in [0.4, 0.5) is 5.82 Å². The third kappa shape index (κ3) is 2.50. The van der Waals surface area contributed by atoms with Gasteiger partial charge in [0.15, 0.2) is 5.82 Å². The number of amides is 1. The highest BCUT2D eigenvalue weighted by molar-refractivity contribution is 5.92. The second-order valence-corrected chi connectivity index (χ2v) is 5.15. The number of carbonyl (C=O) groups is 1. The van der Waals surface area contributed by atoms with E-state index in [1.54, 1.807) is 7.05 Å². The van der Waals surface area contributed by atoms with E-state index < -0.39 is 0 Å². The van der Waals surface area contributed by atoms with Crippen molar-refractivity contribution < 1.29 is 4.79 Å². The van der Waals surface area contributed by atoms with Gasteiger partial charge < -0.3 is 14.5 Å². The lowest BCUT2D eigenvalue weighted by atomic mass is 10.3. The number of hydrogen-bond acceptors (Lipinski definition) is 3. The number of anilines is 1. The van der Waals surface area contributed by atoms with E-state index in [0.29, 0.717) is 5.52 Å². The molecule has 0 aliphatic heterocycles. The van der Waals surface area contributed by atoms with Crippen molar-refractivity contribution >= 4 is 22.8 Å². The number of rotatable bonds is 3. The quantitative estimate of drug-likeness (QED) is 0.795. The van der Waals surface area contributed by atoms with Crippen LogP contribution in [0.25, 0.3) is 11.0 Å². The van der Waals surface area contributed by atoms with Gasteiger partial charge in [-0.3, -0.25) is 9.59 Å². The number of nitrogens with one attached hydrogen (secondary N) is 1. The number of aryl methyl sites for hydroxylation is 2. The van der Waals surface area contributed by atoms with Crippen molar-refractivity contribution in [2.45, 2.75) is 6.42 Å². The SMILES string of the molecule is Cn1cccc1CC(=O)Nc1nc2ccccc2n(C)c1=O. The molecule has 112 valence electrons. The number of hydrogen-bond donors (Lipinski definition) is 1. The Balaban J connectivity index is 1.91. The molecule has 0 saturated carbocycles. The standard InChI is InChI=1S/C16H16N4O2/c1-19-9-5-6-11(19)10-14(21)18-15-16(22)20(2)13-8-4-3-7-12(13)17-15/h3-9H,10H2,1-2H3,(H,17,18,21). The summed E-state index contributed by atoms with van der Waals surface area (Å²) in [5.74, 6) is -0.206. The molecule has 2 aromatic heterocycles. The van der Waals surface area contributed by atoms with Crippen LogP contribution in [0.3, 0.4) is 0 Å². The zero-order chi connectivity index (χ0) is 15.7. The predicted molar refractivity (Wildman–Crippen MR) is 84.7 cm³/mol. The molecular formula is C16H16N4O2. The molecule has 1 amide bonds. The maximum absolute atomic E-state index is 12.3. The first-order valence-corrected chi connectivity index (χ1v) is 6.92. The van der Waals surface area contributed by atoms with Crippen LogP contribution in [0, 0.1) is 0 Å².